The molecule has 0 aromatic heterocycles. The van der Waals surface area contributed by atoms with Crippen LogP contribution in [0.4, 0.5) is 24.5 Å². The Morgan fingerprint density at radius 3 is 2.57 bits per heavy atom. The zero-order valence-electron chi connectivity index (χ0n) is 19.3. The number of benzene rings is 2. The lowest BCUT2D eigenvalue weighted by molar-refractivity contribution is -0.137. The van der Waals surface area contributed by atoms with Crippen molar-refractivity contribution in [3.05, 3.63) is 70.3 Å². The maximum Gasteiger partial charge on any atom is 0.416 e. The number of nitrogens with zero attached hydrogens (tertiary/aromatic N) is 1. The zero-order valence-corrected chi connectivity index (χ0v) is 20.1. The van der Waals surface area contributed by atoms with E-state index in [9.17, 15) is 32.3 Å². The third-order valence-corrected chi connectivity index (χ3v) is 7.45. The van der Waals surface area contributed by atoms with Crippen molar-refractivity contribution in [2.75, 3.05) is 16.8 Å². The molecule has 1 aliphatic heterocycles. The highest BCUT2D eigenvalue weighted by atomic mass is 35.5. The number of fused-ring (bicyclic) bond motifs is 5. The van der Waals surface area contributed by atoms with Gasteiger partial charge in [-0.2, -0.15) is 13.2 Å². The molecule has 0 radical (unpaired) electrons. The molecular weight excluding hydrogens is 513 g/mol. The summed E-state index contributed by atoms with van der Waals surface area (Å²) in [5, 5.41) is 2.07. The quantitative estimate of drug-likeness (QED) is 0.337. The third kappa shape index (κ3) is 4.39. The first-order valence-electron chi connectivity index (χ1n) is 11.5. The molecule has 1 heterocycles. The van der Waals surface area contributed by atoms with Crippen LogP contribution in [0.15, 0.2) is 54.1 Å². The fourth-order valence-electron chi connectivity index (χ4n) is 5.50. The van der Waals surface area contributed by atoms with Crippen molar-refractivity contribution in [2.24, 2.45) is 23.7 Å². The van der Waals surface area contributed by atoms with E-state index in [4.69, 9.17) is 16.3 Å². The van der Waals surface area contributed by atoms with Crippen LogP contribution in [0.2, 0.25) is 5.02 Å². The summed E-state index contributed by atoms with van der Waals surface area (Å²) in [6, 6.07) is 8.21. The molecule has 3 aliphatic rings. The minimum Gasteiger partial charge on any atom is -0.452 e. The Labute approximate surface area is 214 Å². The highest BCUT2D eigenvalue weighted by molar-refractivity contribution is 6.33. The van der Waals surface area contributed by atoms with Gasteiger partial charge in [-0.25, -0.2) is 9.69 Å². The van der Waals surface area contributed by atoms with Gasteiger partial charge in [0.05, 0.1) is 39.4 Å². The van der Waals surface area contributed by atoms with Gasteiger partial charge in [0.25, 0.3) is 5.91 Å². The molecular formula is C26H20ClF3N2O5. The number of anilines is 2. The van der Waals surface area contributed by atoms with Crippen LogP contribution in [0.25, 0.3) is 0 Å². The van der Waals surface area contributed by atoms with Crippen LogP contribution in [-0.4, -0.2) is 30.3 Å². The first-order valence-corrected chi connectivity index (χ1v) is 11.8. The Hall–Kier alpha value is -3.66. The SMILES string of the molecule is CC1=C[C@H]2C[C@H]1[C@H]1C(=O)N(c3cccc(C(=O)OCC(=O)Nc4cc(C(F)(F)F)ccc4Cl)c3)C(=O)[C@@H]12. The standard InChI is InChI=1S/C26H20ClF3N2O5/c1-12-7-14-9-17(12)22-21(14)23(34)32(24(22)35)16-4-2-3-13(8-16)25(36)37-11-20(33)31-19-10-15(26(28,29)30)5-6-18(19)27/h2-8,10,14,17,21-22H,9,11H2,1H3,(H,31,33)/t14-,17+,21+,22+/m0/s1. The van der Waals surface area contributed by atoms with E-state index >= 15 is 0 Å². The van der Waals surface area contributed by atoms with Crippen molar-refractivity contribution in [1.82, 2.24) is 0 Å². The molecule has 11 heteroatoms. The minimum atomic E-state index is -4.63. The van der Waals surface area contributed by atoms with Crippen LogP contribution >= 0.6 is 11.6 Å². The van der Waals surface area contributed by atoms with Crippen molar-refractivity contribution in [2.45, 2.75) is 19.5 Å². The molecule has 2 aliphatic carbocycles. The number of nitrogens with one attached hydrogen (secondary N) is 1. The van der Waals surface area contributed by atoms with Gasteiger partial charge in [-0.1, -0.05) is 29.3 Å². The average molecular weight is 533 g/mol. The molecule has 192 valence electrons. The third-order valence-electron chi connectivity index (χ3n) is 7.12. The van der Waals surface area contributed by atoms with Gasteiger partial charge < -0.3 is 10.1 Å². The number of imide groups is 1. The molecule has 37 heavy (non-hydrogen) atoms. The molecule has 0 spiro atoms. The maximum absolute atomic E-state index is 13.1. The Morgan fingerprint density at radius 1 is 1.11 bits per heavy atom. The zero-order chi connectivity index (χ0) is 26.6. The van der Waals surface area contributed by atoms with Gasteiger partial charge >= 0.3 is 12.1 Å². The number of esters is 1. The largest absolute Gasteiger partial charge is 0.452 e. The molecule has 3 amide bonds. The number of ether oxygens (including phenoxy) is 1. The molecule has 1 saturated carbocycles. The van der Waals surface area contributed by atoms with E-state index in [1.165, 1.54) is 24.3 Å². The predicted molar refractivity (Wildman–Crippen MR) is 127 cm³/mol. The molecule has 2 aromatic rings. The van der Waals surface area contributed by atoms with E-state index in [1.807, 2.05) is 6.92 Å². The lowest BCUT2D eigenvalue weighted by Crippen LogP contribution is -2.33. The Kier molecular flexibility index (Phi) is 6.10. The van der Waals surface area contributed by atoms with Crippen LogP contribution in [0.1, 0.15) is 29.3 Å². The van der Waals surface area contributed by atoms with Crippen molar-refractivity contribution in [1.29, 1.82) is 0 Å². The van der Waals surface area contributed by atoms with Gasteiger partial charge in [0.15, 0.2) is 6.61 Å². The highest BCUT2D eigenvalue weighted by Crippen LogP contribution is 2.55. The molecule has 1 saturated heterocycles. The Morgan fingerprint density at radius 2 is 1.84 bits per heavy atom. The summed E-state index contributed by atoms with van der Waals surface area (Å²) >= 11 is 5.86. The molecule has 4 atom stereocenters. The van der Waals surface area contributed by atoms with E-state index in [2.05, 4.69) is 11.4 Å². The van der Waals surface area contributed by atoms with Crippen molar-refractivity contribution in [3.8, 4) is 0 Å². The number of rotatable bonds is 5. The van der Waals surface area contributed by atoms with Crippen LogP contribution in [0, 0.1) is 23.7 Å². The summed E-state index contributed by atoms with van der Waals surface area (Å²) in [6.07, 6.45) is -1.77. The topological polar surface area (TPSA) is 92.8 Å². The second-order valence-electron chi connectivity index (χ2n) is 9.35. The summed E-state index contributed by atoms with van der Waals surface area (Å²) in [7, 11) is 0. The number of amides is 3. The Balaban J connectivity index is 1.25. The number of carbonyl (C=O) groups excluding carboxylic acids is 4. The Bertz CT molecular complexity index is 1370. The number of allylic oxidation sites excluding steroid dienone is 2. The second kappa shape index (κ2) is 9.02. The van der Waals surface area contributed by atoms with E-state index in [0.717, 1.165) is 29.0 Å². The van der Waals surface area contributed by atoms with Crippen LogP contribution < -0.4 is 10.2 Å². The maximum atomic E-state index is 13.1. The molecule has 5 rings (SSSR count). The highest BCUT2D eigenvalue weighted by Gasteiger charge is 2.60. The van der Waals surface area contributed by atoms with Crippen molar-refractivity contribution in [3.63, 3.8) is 0 Å². The summed E-state index contributed by atoms with van der Waals surface area (Å²) in [5.74, 6) is -3.12. The van der Waals surface area contributed by atoms with Gasteiger partial charge in [0.2, 0.25) is 11.8 Å². The number of halogens is 4. The fourth-order valence-corrected chi connectivity index (χ4v) is 5.66. The number of hydrogen-bond donors (Lipinski definition) is 1. The van der Waals surface area contributed by atoms with E-state index in [1.54, 1.807) is 0 Å². The first-order chi connectivity index (χ1) is 17.5. The van der Waals surface area contributed by atoms with Gasteiger partial charge in [0.1, 0.15) is 0 Å². The number of hydrogen-bond acceptors (Lipinski definition) is 5. The number of carbonyl (C=O) groups is 4. The lowest BCUT2D eigenvalue weighted by Gasteiger charge is -2.19. The minimum absolute atomic E-state index is 0.00246. The molecule has 2 bridgehead atoms. The van der Waals surface area contributed by atoms with Crippen LogP contribution in [0.3, 0.4) is 0 Å². The summed E-state index contributed by atoms with van der Waals surface area (Å²) in [6.45, 7) is 1.17. The summed E-state index contributed by atoms with van der Waals surface area (Å²) < 4.78 is 43.8. The molecule has 2 aromatic carbocycles. The molecule has 2 fully saturated rings. The van der Waals surface area contributed by atoms with Crippen LogP contribution in [-0.2, 0) is 25.3 Å². The normalized spacial score (nSPS) is 24.2. The van der Waals surface area contributed by atoms with Gasteiger partial charge in [0, 0.05) is 0 Å². The van der Waals surface area contributed by atoms with E-state index < -0.39 is 42.1 Å². The smallest absolute Gasteiger partial charge is 0.416 e. The average Bonchev–Trinajstić information content (AvgIpc) is 3.48. The molecule has 1 N–H and O–H groups in total. The van der Waals surface area contributed by atoms with Crippen LogP contribution in [0.5, 0.6) is 0 Å². The van der Waals surface area contributed by atoms with E-state index in [-0.39, 0.29) is 45.6 Å². The molecule has 7 nitrogen and oxygen atoms in total. The first kappa shape index (κ1) is 25.0. The van der Waals surface area contributed by atoms with Crippen molar-refractivity contribution >= 4 is 46.7 Å². The summed E-state index contributed by atoms with van der Waals surface area (Å²) in [5.41, 5.74) is 0.0645. The monoisotopic (exact) mass is 532 g/mol. The van der Waals surface area contributed by atoms with Gasteiger partial charge in [-0.15, -0.1) is 0 Å². The van der Waals surface area contributed by atoms with E-state index in [0.29, 0.717) is 6.07 Å². The molecule has 0 unspecified atom stereocenters. The predicted octanol–water partition coefficient (Wildman–Crippen LogP) is 4.86. The lowest BCUT2D eigenvalue weighted by atomic mass is 9.82. The van der Waals surface area contributed by atoms with Gasteiger partial charge in [-0.3, -0.25) is 14.4 Å². The summed E-state index contributed by atoms with van der Waals surface area (Å²) in [4.78, 5) is 52.1. The number of alkyl halides is 3. The van der Waals surface area contributed by atoms with Crippen molar-refractivity contribution < 1.29 is 37.1 Å². The second-order valence-corrected chi connectivity index (χ2v) is 9.75. The van der Waals surface area contributed by atoms with Gasteiger partial charge in [-0.05, 0) is 61.6 Å². The fraction of sp³-hybridized carbons (Fsp3) is 0.308.